The molecule has 0 spiro atoms. The summed E-state index contributed by atoms with van der Waals surface area (Å²) in [5, 5.41) is 1.44. The van der Waals surface area contributed by atoms with Gasteiger partial charge in [0.05, 0.1) is 22.0 Å². The van der Waals surface area contributed by atoms with Crippen LogP contribution in [0.2, 0.25) is 15.1 Å². The minimum absolute atomic E-state index is 0.289. The number of fused-ring (bicyclic) bond motifs is 1. The van der Waals surface area contributed by atoms with Gasteiger partial charge >= 0.3 is 0 Å². The smallest absolute Gasteiger partial charge is 0.271 e. The van der Waals surface area contributed by atoms with Crippen LogP contribution in [0.1, 0.15) is 10.4 Å². The SMILES string of the molecule is O=C(NNC1=Nc2ccc(Cl)cc2SC1)c1ccc(Cl)cc1Cl. The molecule has 1 aliphatic heterocycles. The normalized spacial score (nSPS) is 13.1. The van der Waals surface area contributed by atoms with E-state index in [9.17, 15) is 4.79 Å². The van der Waals surface area contributed by atoms with Crippen LogP contribution in [0, 0.1) is 0 Å². The molecule has 0 saturated heterocycles. The second kappa shape index (κ2) is 7.01. The van der Waals surface area contributed by atoms with Crippen molar-refractivity contribution in [3.05, 3.63) is 57.0 Å². The van der Waals surface area contributed by atoms with Crippen LogP contribution in [0.3, 0.4) is 0 Å². The van der Waals surface area contributed by atoms with Crippen LogP contribution >= 0.6 is 46.6 Å². The molecule has 2 aromatic carbocycles. The average molecular weight is 387 g/mol. The number of aliphatic imine (C=N–C) groups is 1. The summed E-state index contributed by atoms with van der Waals surface area (Å²) < 4.78 is 0. The third-order valence-corrected chi connectivity index (χ3v) is 4.88. The highest BCUT2D eigenvalue weighted by atomic mass is 35.5. The van der Waals surface area contributed by atoms with Crippen LogP contribution in [0.25, 0.3) is 0 Å². The standard InChI is InChI=1S/C15H10Cl3N3OS/c16-8-1-3-10(11(18)5-8)15(22)21-20-14-7-23-13-6-9(17)2-4-12(13)19-14/h1-6H,7H2,(H,19,20)(H,21,22). The highest BCUT2D eigenvalue weighted by Crippen LogP contribution is 2.35. The predicted molar refractivity (Wildman–Crippen MR) is 96.3 cm³/mol. The quantitative estimate of drug-likeness (QED) is 0.697. The Morgan fingerprint density at radius 2 is 1.83 bits per heavy atom. The first-order valence-corrected chi connectivity index (χ1v) is 8.66. The van der Waals surface area contributed by atoms with Crippen molar-refractivity contribution < 1.29 is 4.79 Å². The van der Waals surface area contributed by atoms with E-state index in [2.05, 4.69) is 15.8 Å². The van der Waals surface area contributed by atoms with Crippen molar-refractivity contribution in [1.82, 2.24) is 10.9 Å². The van der Waals surface area contributed by atoms with E-state index in [1.165, 1.54) is 6.07 Å². The zero-order valence-corrected chi connectivity index (χ0v) is 14.7. The zero-order valence-electron chi connectivity index (χ0n) is 11.6. The molecule has 0 saturated carbocycles. The Balaban J connectivity index is 1.69. The van der Waals surface area contributed by atoms with Gasteiger partial charge in [-0.25, -0.2) is 4.99 Å². The van der Waals surface area contributed by atoms with Gasteiger partial charge in [0.15, 0.2) is 0 Å². The van der Waals surface area contributed by atoms with Crippen LogP contribution < -0.4 is 10.9 Å². The lowest BCUT2D eigenvalue weighted by Gasteiger charge is -2.17. The molecule has 1 aliphatic rings. The first kappa shape index (κ1) is 16.5. The molecule has 118 valence electrons. The lowest BCUT2D eigenvalue weighted by Crippen LogP contribution is -2.43. The van der Waals surface area contributed by atoms with Crippen LogP contribution in [0.15, 0.2) is 46.3 Å². The molecule has 3 rings (SSSR count). The van der Waals surface area contributed by atoms with Crippen molar-refractivity contribution in [2.24, 2.45) is 4.99 Å². The number of amides is 1. The van der Waals surface area contributed by atoms with Crippen molar-refractivity contribution in [1.29, 1.82) is 0 Å². The maximum atomic E-state index is 12.1. The number of hydrogen-bond acceptors (Lipinski definition) is 4. The topological polar surface area (TPSA) is 53.5 Å². The van der Waals surface area contributed by atoms with Gasteiger partial charge < -0.3 is 0 Å². The maximum Gasteiger partial charge on any atom is 0.271 e. The first-order valence-electron chi connectivity index (χ1n) is 6.54. The molecule has 4 nitrogen and oxygen atoms in total. The average Bonchev–Trinajstić information content (AvgIpc) is 2.52. The lowest BCUT2D eigenvalue weighted by atomic mass is 10.2. The molecule has 0 aliphatic carbocycles. The molecule has 0 radical (unpaired) electrons. The van der Waals surface area contributed by atoms with E-state index < -0.39 is 0 Å². The van der Waals surface area contributed by atoms with Gasteiger partial charge in [-0.1, -0.05) is 34.8 Å². The number of amidine groups is 1. The molecule has 23 heavy (non-hydrogen) atoms. The Bertz CT molecular complexity index is 811. The monoisotopic (exact) mass is 385 g/mol. The third-order valence-electron chi connectivity index (χ3n) is 3.04. The van der Waals surface area contributed by atoms with Crippen molar-refractivity contribution >= 4 is 64.0 Å². The number of nitrogens with zero attached hydrogens (tertiary/aromatic N) is 1. The summed E-state index contributed by atoms with van der Waals surface area (Å²) in [7, 11) is 0. The summed E-state index contributed by atoms with van der Waals surface area (Å²) in [4.78, 5) is 17.6. The largest absolute Gasteiger partial charge is 0.284 e. The number of nitrogens with one attached hydrogen (secondary N) is 2. The molecule has 1 amide bonds. The summed E-state index contributed by atoms with van der Waals surface area (Å²) in [5.41, 5.74) is 6.55. The number of hydrazine groups is 1. The molecule has 0 unspecified atom stereocenters. The highest BCUT2D eigenvalue weighted by Gasteiger charge is 2.15. The number of benzene rings is 2. The second-order valence-corrected chi connectivity index (χ2v) is 6.96. The maximum absolute atomic E-state index is 12.1. The number of halogens is 3. The Hall–Kier alpha value is -1.40. The molecule has 2 aromatic rings. The van der Waals surface area contributed by atoms with Crippen LogP contribution in [-0.2, 0) is 0 Å². The molecule has 0 atom stereocenters. The Morgan fingerprint density at radius 1 is 1.09 bits per heavy atom. The van der Waals surface area contributed by atoms with Crippen molar-refractivity contribution in [2.45, 2.75) is 4.90 Å². The summed E-state index contributed by atoms with van der Waals surface area (Å²) >= 11 is 19.4. The number of carbonyl (C=O) groups excluding carboxylic acids is 1. The molecule has 0 bridgehead atoms. The van der Waals surface area contributed by atoms with Gasteiger partial charge in [0.25, 0.3) is 5.91 Å². The van der Waals surface area contributed by atoms with Crippen LogP contribution in [0.4, 0.5) is 5.69 Å². The van der Waals surface area contributed by atoms with Crippen molar-refractivity contribution in [3.63, 3.8) is 0 Å². The molecule has 0 fully saturated rings. The fourth-order valence-electron chi connectivity index (χ4n) is 1.95. The van der Waals surface area contributed by atoms with Gasteiger partial charge in [-0.05, 0) is 36.4 Å². The number of rotatable bonds is 1. The minimum Gasteiger partial charge on any atom is -0.284 e. The van der Waals surface area contributed by atoms with Gasteiger partial charge in [0.1, 0.15) is 5.84 Å². The number of carbonyl (C=O) groups is 1. The van der Waals surface area contributed by atoms with Gasteiger partial charge in [0, 0.05) is 14.9 Å². The molecular weight excluding hydrogens is 377 g/mol. The van der Waals surface area contributed by atoms with Gasteiger partial charge in [0.2, 0.25) is 0 Å². The Labute approximate surface area is 152 Å². The fraction of sp³-hybridized carbons (Fsp3) is 0.0667. The minimum atomic E-state index is -0.360. The van der Waals surface area contributed by atoms with E-state index in [0.717, 1.165) is 10.6 Å². The second-order valence-electron chi connectivity index (χ2n) is 4.66. The Morgan fingerprint density at radius 3 is 2.61 bits per heavy atom. The Kier molecular flexibility index (Phi) is 5.02. The van der Waals surface area contributed by atoms with E-state index in [1.54, 1.807) is 30.0 Å². The first-order chi connectivity index (χ1) is 11.0. The molecule has 2 N–H and O–H groups in total. The van der Waals surface area contributed by atoms with Gasteiger partial charge in [-0.2, -0.15) is 0 Å². The third kappa shape index (κ3) is 3.93. The molecule has 0 aromatic heterocycles. The van der Waals surface area contributed by atoms with Gasteiger partial charge in [-0.15, -0.1) is 11.8 Å². The van der Waals surface area contributed by atoms with E-state index in [4.69, 9.17) is 34.8 Å². The van der Waals surface area contributed by atoms with E-state index in [1.807, 2.05) is 12.1 Å². The molecule has 8 heteroatoms. The van der Waals surface area contributed by atoms with Gasteiger partial charge in [-0.3, -0.25) is 15.6 Å². The molecular formula is C15H10Cl3N3OS. The van der Waals surface area contributed by atoms with E-state index >= 15 is 0 Å². The van der Waals surface area contributed by atoms with Crippen molar-refractivity contribution in [2.75, 3.05) is 5.75 Å². The van der Waals surface area contributed by atoms with E-state index in [-0.39, 0.29) is 10.9 Å². The van der Waals surface area contributed by atoms with Crippen LogP contribution in [0.5, 0.6) is 0 Å². The summed E-state index contributed by atoms with van der Waals surface area (Å²) in [6, 6.07) is 10.2. The summed E-state index contributed by atoms with van der Waals surface area (Å²) in [6.07, 6.45) is 0. The lowest BCUT2D eigenvalue weighted by molar-refractivity contribution is 0.0944. The van der Waals surface area contributed by atoms with E-state index in [0.29, 0.717) is 27.2 Å². The van der Waals surface area contributed by atoms with Crippen molar-refractivity contribution in [3.8, 4) is 0 Å². The zero-order chi connectivity index (χ0) is 16.4. The fourth-order valence-corrected chi connectivity index (χ4v) is 3.59. The molecule has 1 heterocycles. The van der Waals surface area contributed by atoms with Crippen LogP contribution in [-0.4, -0.2) is 17.5 Å². The predicted octanol–water partition coefficient (Wildman–Crippen LogP) is 4.72. The number of thioether (sulfide) groups is 1. The summed E-state index contributed by atoms with van der Waals surface area (Å²) in [6.45, 7) is 0. The summed E-state index contributed by atoms with van der Waals surface area (Å²) in [5.74, 6) is 0.881. The highest BCUT2D eigenvalue weighted by molar-refractivity contribution is 8.00. The number of hydrogen-bond donors (Lipinski definition) is 2.